The van der Waals surface area contributed by atoms with Gasteiger partial charge in [-0.2, -0.15) is 0 Å². The molecule has 6 nitrogen and oxygen atoms in total. The highest BCUT2D eigenvalue weighted by atomic mass is 16.6. The fraction of sp³-hybridized carbons (Fsp3) is 0.111. The molecule has 0 atom stereocenters. The molecule has 0 radical (unpaired) electrons. The molecule has 0 aliphatic heterocycles. The fourth-order valence-corrected chi connectivity index (χ4v) is 0.969. The second-order valence-electron chi connectivity index (χ2n) is 2.70. The van der Waals surface area contributed by atoms with Crippen molar-refractivity contribution < 1.29 is 9.72 Å². The van der Waals surface area contributed by atoms with Crippen LogP contribution < -0.4 is 5.56 Å². The van der Waals surface area contributed by atoms with Crippen LogP contribution in [-0.2, 0) is 4.79 Å². The molecule has 1 aromatic heterocycles. The maximum absolute atomic E-state index is 11.2. The topological polar surface area (TPSA) is 93.1 Å². The van der Waals surface area contributed by atoms with E-state index in [4.69, 9.17) is 0 Å². The van der Waals surface area contributed by atoms with E-state index >= 15 is 0 Å². The monoisotopic (exact) mass is 208 g/mol. The van der Waals surface area contributed by atoms with Crippen LogP contribution in [0.4, 0.5) is 5.69 Å². The van der Waals surface area contributed by atoms with Gasteiger partial charge in [0.2, 0.25) is 0 Å². The van der Waals surface area contributed by atoms with Crippen molar-refractivity contribution >= 4 is 18.0 Å². The third kappa shape index (κ3) is 2.87. The molecule has 1 aromatic rings. The van der Waals surface area contributed by atoms with E-state index in [9.17, 15) is 19.7 Å². The van der Waals surface area contributed by atoms with Crippen LogP contribution in [0.25, 0.3) is 6.08 Å². The molecule has 0 bridgehead atoms. The number of H-pyrrole nitrogens is 1. The van der Waals surface area contributed by atoms with Crippen LogP contribution in [0, 0.1) is 10.1 Å². The zero-order chi connectivity index (χ0) is 11.3. The van der Waals surface area contributed by atoms with Crippen molar-refractivity contribution in [3.63, 3.8) is 0 Å². The molecule has 1 rings (SSSR count). The summed E-state index contributed by atoms with van der Waals surface area (Å²) in [5, 5.41) is 10.4. The van der Waals surface area contributed by atoms with Crippen LogP contribution in [-0.4, -0.2) is 16.2 Å². The van der Waals surface area contributed by atoms with Gasteiger partial charge >= 0.3 is 0 Å². The number of nitrogens with zero attached hydrogens (tertiary/aromatic N) is 1. The van der Waals surface area contributed by atoms with Crippen molar-refractivity contribution in [2.75, 3.05) is 0 Å². The predicted octanol–water partition coefficient (Wildman–Crippen LogP) is 0.885. The Morgan fingerprint density at radius 3 is 2.87 bits per heavy atom. The number of aromatic nitrogens is 1. The Kier molecular flexibility index (Phi) is 3.50. The average molecular weight is 208 g/mol. The van der Waals surface area contributed by atoms with E-state index in [-0.39, 0.29) is 17.7 Å². The van der Waals surface area contributed by atoms with Gasteiger partial charge in [0.1, 0.15) is 6.29 Å². The summed E-state index contributed by atoms with van der Waals surface area (Å²) in [6, 6.07) is 1.15. The third-order valence-corrected chi connectivity index (χ3v) is 1.66. The van der Waals surface area contributed by atoms with Gasteiger partial charge in [-0.3, -0.25) is 14.9 Å². The molecule has 0 saturated heterocycles. The van der Waals surface area contributed by atoms with E-state index in [2.05, 4.69) is 4.98 Å². The van der Waals surface area contributed by atoms with Gasteiger partial charge in [0, 0.05) is 18.1 Å². The Bertz CT molecular complexity index is 461. The number of pyridine rings is 1. The number of hydrogen-bond donors (Lipinski definition) is 1. The van der Waals surface area contributed by atoms with Crippen LogP contribution in [0.3, 0.4) is 0 Å². The second-order valence-corrected chi connectivity index (χ2v) is 2.70. The van der Waals surface area contributed by atoms with Gasteiger partial charge in [-0.1, -0.05) is 12.2 Å². The lowest BCUT2D eigenvalue weighted by Gasteiger charge is -1.92. The Morgan fingerprint density at radius 1 is 1.53 bits per heavy atom. The molecule has 0 saturated carbocycles. The minimum absolute atomic E-state index is 0.158. The van der Waals surface area contributed by atoms with E-state index in [1.807, 2.05) is 0 Å². The van der Waals surface area contributed by atoms with Crippen molar-refractivity contribution in [1.29, 1.82) is 0 Å². The molecule has 0 fully saturated rings. The first-order chi connectivity index (χ1) is 7.15. The molecule has 6 heteroatoms. The second kappa shape index (κ2) is 4.85. The first-order valence-corrected chi connectivity index (χ1v) is 4.12. The molecule has 0 spiro atoms. The van der Waals surface area contributed by atoms with E-state index in [0.717, 1.165) is 12.3 Å². The van der Waals surface area contributed by atoms with Gasteiger partial charge in [0.25, 0.3) is 11.2 Å². The number of nitro groups is 1. The lowest BCUT2D eigenvalue weighted by atomic mass is 10.2. The van der Waals surface area contributed by atoms with E-state index in [1.54, 1.807) is 0 Å². The number of nitrogens with one attached hydrogen (secondary N) is 1. The van der Waals surface area contributed by atoms with Gasteiger partial charge in [-0.05, 0) is 0 Å². The van der Waals surface area contributed by atoms with Crippen molar-refractivity contribution in [2.45, 2.75) is 6.42 Å². The van der Waals surface area contributed by atoms with Crippen LogP contribution in [0.1, 0.15) is 12.0 Å². The molecule has 1 N–H and O–H groups in total. The molecule has 0 aromatic carbocycles. The van der Waals surface area contributed by atoms with Crippen molar-refractivity contribution in [1.82, 2.24) is 4.98 Å². The molecular weight excluding hydrogens is 200 g/mol. The van der Waals surface area contributed by atoms with Gasteiger partial charge in [0.15, 0.2) is 0 Å². The van der Waals surface area contributed by atoms with Crippen LogP contribution in [0.15, 0.2) is 23.1 Å². The van der Waals surface area contributed by atoms with Crippen LogP contribution in [0.2, 0.25) is 0 Å². The minimum atomic E-state index is -0.604. The average Bonchev–Trinajstić information content (AvgIpc) is 2.20. The Labute approximate surface area is 84.4 Å². The van der Waals surface area contributed by atoms with Crippen LogP contribution in [0.5, 0.6) is 0 Å². The van der Waals surface area contributed by atoms with Crippen LogP contribution >= 0.6 is 0 Å². The standard InChI is InChI=1S/C9H8N2O4/c12-4-2-1-3-7-5-8(11(14)15)6-10-9(7)13/h1,3-6H,2H2,(H,10,13). The van der Waals surface area contributed by atoms with Crippen molar-refractivity contribution in [2.24, 2.45) is 0 Å². The van der Waals surface area contributed by atoms with Gasteiger partial charge < -0.3 is 9.78 Å². The lowest BCUT2D eigenvalue weighted by Crippen LogP contribution is -2.09. The smallest absolute Gasteiger partial charge is 0.286 e. The summed E-state index contributed by atoms with van der Waals surface area (Å²) >= 11 is 0. The first-order valence-electron chi connectivity index (χ1n) is 4.12. The summed E-state index contributed by atoms with van der Waals surface area (Å²) in [4.78, 5) is 33.2. The maximum Gasteiger partial charge on any atom is 0.286 e. The van der Waals surface area contributed by atoms with E-state index in [0.29, 0.717) is 6.29 Å². The molecule has 0 unspecified atom stereocenters. The number of aromatic amines is 1. The van der Waals surface area contributed by atoms with E-state index in [1.165, 1.54) is 12.2 Å². The van der Waals surface area contributed by atoms with Gasteiger partial charge in [-0.25, -0.2) is 0 Å². The summed E-state index contributed by atoms with van der Waals surface area (Å²) in [6.45, 7) is 0. The number of hydrogen-bond acceptors (Lipinski definition) is 4. The first kappa shape index (κ1) is 10.8. The highest BCUT2D eigenvalue weighted by molar-refractivity contribution is 5.58. The molecule has 1 heterocycles. The van der Waals surface area contributed by atoms with Crippen molar-refractivity contribution in [3.05, 3.63) is 44.4 Å². The van der Waals surface area contributed by atoms with E-state index < -0.39 is 10.5 Å². The number of aldehydes is 1. The molecule has 78 valence electrons. The number of carbonyl (C=O) groups excluding carboxylic acids is 1. The maximum atomic E-state index is 11.2. The molecule has 0 amide bonds. The molecule has 0 aliphatic rings. The quantitative estimate of drug-likeness (QED) is 0.451. The fourth-order valence-electron chi connectivity index (χ4n) is 0.969. The third-order valence-electron chi connectivity index (χ3n) is 1.66. The number of allylic oxidation sites excluding steroid dienone is 1. The normalized spacial score (nSPS) is 10.4. The summed E-state index contributed by atoms with van der Waals surface area (Å²) in [7, 11) is 0. The summed E-state index contributed by atoms with van der Waals surface area (Å²) in [6.07, 6.45) is 4.70. The lowest BCUT2D eigenvalue weighted by molar-refractivity contribution is -0.385. The Balaban J connectivity index is 3.05. The SMILES string of the molecule is O=CCC=Cc1cc([N+](=O)[O-])c[nH]c1=O. The van der Waals surface area contributed by atoms with Crippen molar-refractivity contribution in [3.8, 4) is 0 Å². The van der Waals surface area contributed by atoms with Gasteiger partial charge in [-0.15, -0.1) is 0 Å². The Morgan fingerprint density at radius 2 is 2.27 bits per heavy atom. The highest BCUT2D eigenvalue weighted by Gasteiger charge is 2.07. The minimum Gasteiger partial charge on any atom is -0.322 e. The summed E-state index contributed by atoms with van der Waals surface area (Å²) in [5.41, 5.74) is -0.464. The van der Waals surface area contributed by atoms with Gasteiger partial charge in [0.05, 0.1) is 11.1 Å². The molecular formula is C9H8N2O4. The number of carbonyl (C=O) groups is 1. The molecule has 15 heavy (non-hydrogen) atoms. The zero-order valence-corrected chi connectivity index (χ0v) is 7.67. The molecule has 0 aliphatic carbocycles. The largest absolute Gasteiger partial charge is 0.322 e. The summed E-state index contributed by atoms with van der Waals surface area (Å²) < 4.78 is 0. The zero-order valence-electron chi connectivity index (χ0n) is 7.67. The highest BCUT2D eigenvalue weighted by Crippen LogP contribution is 2.09. The number of rotatable bonds is 4. The summed E-state index contributed by atoms with van der Waals surface area (Å²) in [5.74, 6) is 0. The Hall–Kier alpha value is -2.24. The predicted molar refractivity (Wildman–Crippen MR) is 53.4 cm³/mol.